The molecule has 4 aromatic carbocycles. The van der Waals surface area contributed by atoms with Gasteiger partial charge in [0.25, 0.3) is 11.8 Å². The van der Waals surface area contributed by atoms with Crippen LogP contribution in [0.25, 0.3) is 16.8 Å². The SMILES string of the molecule is CCOc1cc(/C=C2\C(=O)NC(=S)N(c3cccc(Cl)c3Cl)C2=O)cc(I)c1OCc1ccc2ccccc2c1. The van der Waals surface area contributed by atoms with E-state index in [1.54, 1.807) is 24.3 Å². The number of carbonyl (C=O) groups excluding carboxylic acids is 2. The summed E-state index contributed by atoms with van der Waals surface area (Å²) in [5.74, 6) is -0.168. The molecule has 0 unspecified atom stereocenters. The molecule has 1 aliphatic heterocycles. The van der Waals surface area contributed by atoms with Crippen LogP contribution in [-0.2, 0) is 16.2 Å². The van der Waals surface area contributed by atoms with Gasteiger partial charge in [-0.1, -0.05) is 65.7 Å². The largest absolute Gasteiger partial charge is 0.490 e. The van der Waals surface area contributed by atoms with Crippen molar-refractivity contribution in [1.82, 2.24) is 5.32 Å². The fourth-order valence-electron chi connectivity index (χ4n) is 4.27. The number of hydrogen-bond acceptors (Lipinski definition) is 5. The van der Waals surface area contributed by atoms with Gasteiger partial charge in [-0.2, -0.15) is 0 Å². The lowest BCUT2D eigenvalue weighted by molar-refractivity contribution is -0.122. The van der Waals surface area contributed by atoms with Gasteiger partial charge in [0.2, 0.25) is 0 Å². The van der Waals surface area contributed by atoms with E-state index in [0.717, 1.165) is 24.8 Å². The molecule has 40 heavy (non-hydrogen) atoms. The van der Waals surface area contributed by atoms with Crippen LogP contribution in [0.4, 0.5) is 5.69 Å². The smallest absolute Gasteiger partial charge is 0.270 e. The Hall–Kier alpha value is -3.18. The molecule has 0 bridgehead atoms. The maximum Gasteiger partial charge on any atom is 0.270 e. The second-order valence-corrected chi connectivity index (χ2v) is 11.1. The number of carbonyl (C=O) groups is 2. The first-order valence-electron chi connectivity index (χ1n) is 12.2. The second kappa shape index (κ2) is 12.1. The molecular weight excluding hydrogens is 682 g/mol. The highest BCUT2D eigenvalue weighted by atomic mass is 127. The molecule has 0 spiro atoms. The third-order valence-electron chi connectivity index (χ3n) is 6.11. The molecule has 0 atom stereocenters. The number of hydrogen-bond donors (Lipinski definition) is 1. The van der Waals surface area contributed by atoms with Gasteiger partial charge in [-0.15, -0.1) is 0 Å². The van der Waals surface area contributed by atoms with Crippen molar-refractivity contribution in [2.24, 2.45) is 0 Å². The molecule has 1 heterocycles. The van der Waals surface area contributed by atoms with Crippen molar-refractivity contribution in [3.8, 4) is 11.5 Å². The topological polar surface area (TPSA) is 67.9 Å². The van der Waals surface area contributed by atoms with Gasteiger partial charge in [-0.3, -0.25) is 19.8 Å². The van der Waals surface area contributed by atoms with Gasteiger partial charge >= 0.3 is 0 Å². The summed E-state index contributed by atoms with van der Waals surface area (Å²) >= 11 is 19.9. The summed E-state index contributed by atoms with van der Waals surface area (Å²) in [7, 11) is 0. The number of nitrogens with one attached hydrogen (secondary N) is 1. The molecule has 1 aliphatic rings. The zero-order valence-electron chi connectivity index (χ0n) is 21.0. The van der Waals surface area contributed by atoms with E-state index < -0.39 is 11.8 Å². The van der Waals surface area contributed by atoms with E-state index in [1.165, 1.54) is 6.08 Å². The Bertz CT molecular complexity index is 1710. The monoisotopic (exact) mass is 702 g/mol. The summed E-state index contributed by atoms with van der Waals surface area (Å²) in [5.41, 5.74) is 1.75. The molecule has 2 amide bonds. The van der Waals surface area contributed by atoms with E-state index in [9.17, 15) is 9.59 Å². The Balaban J connectivity index is 1.45. The molecule has 1 saturated heterocycles. The van der Waals surface area contributed by atoms with E-state index in [-0.39, 0.29) is 26.4 Å². The number of rotatable bonds is 7. The predicted octanol–water partition coefficient (Wildman–Crippen LogP) is 7.56. The fraction of sp³-hybridized carbons (Fsp3) is 0.100. The normalized spacial score (nSPS) is 14.6. The molecule has 0 aromatic heterocycles. The Morgan fingerprint density at radius 2 is 1.75 bits per heavy atom. The van der Waals surface area contributed by atoms with Crippen LogP contribution < -0.4 is 19.7 Å². The van der Waals surface area contributed by atoms with Crippen LogP contribution >= 0.6 is 58.0 Å². The van der Waals surface area contributed by atoms with Crippen molar-refractivity contribution in [1.29, 1.82) is 0 Å². The van der Waals surface area contributed by atoms with Crippen molar-refractivity contribution in [2.75, 3.05) is 11.5 Å². The van der Waals surface area contributed by atoms with Crippen LogP contribution in [0.1, 0.15) is 18.1 Å². The Morgan fingerprint density at radius 1 is 0.975 bits per heavy atom. The highest BCUT2D eigenvalue weighted by Crippen LogP contribution is 2.37. The molecule has 0 saturated carbocycles. The van der Waals surface area contributed by atoms with Crippen LogP contribution in [-0.4, -0.2) is 23.5 Å². The number of benzene rings is 4. The summed E-state index contributed by atoms with van der Waals surface area (Å²) < 4.78 is 12.8. The van der Waals surface area contributed by atoms with Gasteiger partial charge in [-0.05, 0) is 100 Å². The first-order chi connectivity index (χ1) is 19.3. The highest BCUT2D eigenvalue weighted by molar-refractivity contribution is 14.1. The van der Waals surface area contributed by atoms with Gasteiger partial charge in [-0.25, -0.2) is 0 Å². The quantitative estimate of drug-likeness (QED) is 0.0932. The minimum atomic E-state index is -0.623. The van der Waals surface area contributed by atoms with Crippen molar-refractivity contribution in [2.45, 2.75) is 13.5 Å². The number of amides is 2. The lowest BCUT2D eigenvalue weighted by atomic mass is 10.1. The average Bonchev–Trinajstić information content (AvgIpc) is 2.93. The van der Waals surface area contributed by atoms with E-state index in [4.69, 9.17) is 44.9 Å². The van der Waals surface area contributed by atoms with Crippen molar-refractivity contribution >= 4 is 97.5 Å². The van der Waals surface area contributed by atoms with Gasteiger partial charge in [0.05, 0.1) is 25.9 Å². The zero-order chi connectivity index (χ0) is 28.4. The average molecular weight is 703 g/mol. The van der Waals surface area contributed by atoms with Gasteiger partial charge in [0, 0.05) is 0 Å². The van der Waals surface area contributed by atoms with Gasteiger partial charge in [0.15, 0.2) is 16.6 Å². The van der Waals surface area contributed by atoms with Crippen molar-refractivity contribution in [3.63, 3.8) is 0 Å². The number of halogens is 3. The van der Waals surface area contributed by atoms with Crippen molar-refractivity contribution in [3.05, 3.63) is 103 Å². The summed E-state index contributed by atoms with van der Waals surface area (Å²) in [4.78, 5) is 27.5. The van der Waals surface area contributed by atoms with Crippen LogP contribution in [0, 0.1) is 3.57 Å². The number of anilines is 1. The summed E-state index contributed by atoms with van der Waals surface area (Å²) in [5, 5.41) is 5.17. The fourth-order valence-corrected chi connectivity index (χ4v) is 5.70. The molecule has 1 fully saturated rings. The number of thiocarbonyl (C=S) groups is 1. The van der Waals surface area contributed by atoms with Crippen LogP contribution in [0.15, 0.2) is 78.4 Å². The standard InChI is InChI=1S/C30H21Cl2IN2O4S/c1-2-38-25-15-18(14-23(33)27(25)39-16-17-10-11-19-6-3-4-7-20(19)12-17)13-21-28(36)34-30(40)35(29(21)37)24-9-5-8-22(31)26(24)32/h3-15H,2,16H2,1H3,(H,34,36,40)/b21-13+. The third-order valence-corrected chi connectivity index (χ3v) is 8.01. The maximum absolute atomic E-state index is 13.5. The third kappa shape index (κ3) is 5.81. The van der Waals surface area contributed by atoms with Gasteiger partial charge in [0.1, 0.15) is 12.2 Å². The first kappa shape index (κ1) is 28.4. The summed E-state index contributed by atoms with van der Waals surface area (Å²) in [6.07, 6.45) is 1.49. The molecule has 10 heteroatoms. The predicted molar refractivity (Wildman–Crippen MR) is 171 cm³/mol. The molecule has 6 nitrogen and oxygen atoms in total. The Labute approximate surface area is 260 Å². The highest BCUT2D eigenvalue weighted by Gasteiger charge is 2.35. The molecular formula is C30H21Cl2IN2O4S. The lowest BCUT2D eigenvalue weighted by Gasteiger charge is -2.29. The summed E-state index contributed by atoms with van der Waals surface area (Å²) in [6, 6.07) is 22.7. The minimum Gasteiger partial charge on any atom is -0.490 e. The Morgan fingerprint density at radius 3 is 2.52 bits per heavy atom. The zero-order valence-corrected chi connectivity index (χ0v) is 25.5. The molecule has 0 aliphatic carbocycles. The van der Waals surface area contributed by atoms with Gasteiger partial charge < -0.3 is 9.47 Å². The number of fused-ring (bicyclic) bond motifs is 1. The molecule has 202 valence electrons. The van der Waals surface area contributed by atoms with Crippen LogP contribution in [0.3, 0.4) is 0 Å². The molecule has 0 radical (unpaired) electrons. The van der Waals surface area contributed by atoms with E-state index in [1.807, 2.05) is 31.2 Å². The Kier molecular flexibility index (Phi) is 8.60. The first-order valence-corrected chi connectivity index (χ1v) is 14.4. The van der Waals surface area contributed by atoms with Crippen LogP contribution in [0.2, 0.25) is 10.0 Å². The van der Waals surface area contributed by atoms with E-state index in [0.29, 0.717) is 30.3 Å². The molecule has 4 aromatic rings. The lowest BCUT2D eigenvalue weighted by Crippen LogP contribution is -2.54. The summed E-state index contributed by atoms with van der Waals surface area (Å²) in [6.45, 7) is 2.61. The second-order valence-electron chi connectivity index (χ2n) is 8.76. The minimum absolute atomic E-state index is 0.0849. The number of ether oxygens (including phenoxy) is 2. The molecule has 1 N–H and O–H groups in total. The number of nitrogens with zero attached hydrogens (tertiary/aromatic N) is 1. The van der Waals surface area contributed by atoms with E-state index >= 15 is 0 Å². The van der Waals surface area contributed by atoms with Crippen LogP contribution in [0.5, 0.6) is 11.5 Å². The maximum atomic E-state index is 13.5. The molecule has 5 rings (SSSR count). The van der Waals surface area contributed by atoms with E-state index in [2.05, 4.69) is 52.2 Å². The van der Waals surface area contributed by atoms with Crippen molar-refractivity contribution < 1.29 is 19.1 Å².